The van der Waals surface area contributed by atoms with Crippen LogP contribution in [0.2, 0.25) is 0 Å². The summed E-state index contributed by atoms with van der Waals surface area (Å²) in [5.74, 6) is 0.606. The highest BCUT2D eigenvalue weighted by Gasteiger charge is 2.52. The van der Waals surface area contributed by atoms with Crippen molar-refractivity contribution in [1.82, 2.24) is 5.32 Å². The van der Waals surface area contributed by atoms with Crippen molar-refractivity contribution in [3.8, 4) is 0 Å². The minimum absolute atomic E-state index is 0.323. The van der Waals surface area contributed by atoms with Crippen LogP contribution in [0, 0.1) is 0 Å². The van der Waals surface area contributed by atoms with E-state index >= 15 is 0 Å². The second kappa shape index (κ2) is 6.79. The van der Waals surface area contributed by atoms with E-state index < -0.39 is 0 Å². The summed E-state index contributed by atoms with van der Waals surface area (Å²) in [5.41, 5.74) is 2.80. The first-order valence-electron chi connectivity index (χ1n) is 7.69. The van der Waals surface area contributed by atoms with Crippen molar-refractivity contribution in [1.29, 1.82) is 0 Å². The minimum Gasteiger partial charge on any atom is -0.400 e. The molecule has 1 heterocycles. The van der Waals surface area contributed by atoms with Gasteiger partial charge in [-0.15, -0.1) is 0 Å². The second-order valence-electron chi connectivity index (χ2n) is 6.74. The van der Waals surface area contributed by atoms with E-state index in [1.54, 1.807) is 0 Å². The predicted octanol–water partition coefficient (Wildman–Crippen LogP) is 3.35. The Morgan fingerprint density at radius 3 is 2.14 bits per heavy atom. The zero-order valence-electron chi connectivity index (χ0n) is 14.1. The Morgan fingerprint density at radius 2 is 1.68 bits per heavy atom. The third-order valence-corrected chi connectivity index (χ3v) is 4.82. The molecule has 1 N–H and O–H groups in total. The Morgan fingerprint density at radius 1 is 1.14 bits per heavy atom. The van der Waals surface area contributed by atoms with Crippen LogP contribution in [0.1, 0.15) is 38.8 Å². The summed E-state index contributed by atoms with van der Waals surface area (Å²) in [7, 11) is 1.62. The number of hydrogen-bond donors (Lipinski definition) is 2. The molecule has 1 aliphatic rings. The average Bonchev–Trinajstić information content (AvgIpc) is 2.67. The zero-order chi connectivity index (χ0) is 16.4. The van der Waals surface area contributed by atoms with Crippen LogP contribution in [0.15, 0.2) is 29.7 Å². The van der Waals surface area contributed by atoms with Crippen LogP contribution >= 0.6 is 12.6 Å². The standard InChI is InChI=1S/C17H26BNO2S/c1-16(2)17(3,4)21-18(20-16)15(12-22)10-13-6-8-14(9-7-13)11-19-5/h6-10,19,22H,11-12H2,1-5H3. The molecule has 0 saturated carbocycles. The van der Waals surface area contributed by atoms with Crippen LogP contribution in [0.5, 0.6) is 0 Å². The Balaban J connectivity index is 2.18. The maximum Gasteiger partial charge on any atom is 0.491 e. The molecule has 0 aliphatic carbocycles. The van der Waals surface area contributed by atoms with Crippen molar-refractivity contribution in [2.75, 3.05) is 12.8 Å². The largest absolute Gasteiger partial charge is 0.491 e. The topological polar surface area (TPSA) is 30.5 Å². The molecule has 0 aromatic heterocycles. The molecule has 1 aromatic carbocycles. The van der Waals surface area contributed by atoms with Crippen molar-refractivity contribution < 1.29 is 9.31 Å². The molecule has 3 nitrogen and oxygen atoms in total. The van der Waals surface area contributed by atoms with Crippen molar-refractivity contribution in [2.24, 2.45) is 0 Å². The monoisotopic (exact) mass is 319 g/mol. The van der Waals surface area contributed by atoms with E-state index in [1.165, 1.54) is 5.56 Å². The van der Waals surface area contributed by atoms with Gasteiger partial charge in [-0.05, 0) is 51.3 Å². The van der Waals surface area contributed by atoms with Crippen molar-refractivity contribution >= 4 is 25.8 Å². The Labute approximate surface area is 140 Å². The van der Waals surface area contributed by atoms with Crippen molar-refractivity contribution in [3.05, 3.63) is 40.9 Å². The zero-order valence-corrected chi connectivity index (χ0v) is 15.0. The molecule has 0 radical (unpaired) electrons. The number of rotatable bonds is 5. The summed E-state index contributed by atoms with van der Waals surface area (Å²) >= 11 is 4.45. The van der Waals surface area contributed by atoms with Crippen LogP contribution < -0.4 is 5.32 Å². The second-order valence-corrected chi connectivity index (χ2v) is 7.05. The molecule has 1 fully saturated rings. The molecular formula is C17H26BNO2S. The van der Waals surface area contributed by atoms with E-state index in [0.717, 1.165) is 17.6 Å². The summed E-state index contributed by atoms with van der Waals surface area (Å²) < 4.78 is 12.2. The maximum absolute atomic E-state index is 6.10. The van der Waals surface area contributed by atoms with Gasteiger partial charge in [0.05, 0.1) is 11.2 Å². The quantitative estimate of drug-likeness (QED) is 0.644. The fraction of sp³-hybridized carbons (Fsp3) is 0.529. The predicted molar refractivity (Wildman–Crippen MR) is 97.1 cm³/mol. The molecule has 0 unspecified atom stereocenters. The lowest BCUT2D eigenvalue weighted by atomic mass is 9.78. The molecule has 0 bridgehead atoms. The highest BCUT2D eigenvalue weighted by Crippen LogP contribution is 2.38. The van der Waals surface area contributed by atoms with E-state index in [0.29, 0.717) is 5.75 Å². The Kier molecular flexibility index (Phi) is 5.43. The smallest absolute Gasteiger partial charge is 0.400 e. The fourth-order valence-electron chi connectivity index (χ4n) is 2.33. The molecule has 22 heavy (non-hydrogen) atoms. The van der Waals surface area contributed by atoms with E-state index in [9.17, 15) is 0 Å². The molecule has 0 atom stereocenters. The van der Waals surface area contributed by atoms with Crippen LogP contribution in [0.3, 0.4) is 0 Å². The minimum atomic E-state index is -0.334. The van der Waals surface area contributed by atoms with Gasteiger partial charge in [0.1, 0.15) is 0 Å². The average molecular weight is 319 g/mol. The van der Waals surface area contributed by atoms with E-state index in [2.05, 4.69) is 76.0 Å². The number of nitrogens with one attached hydrogen (secondary N) is 1. The lowest BCUT2D eigenvalue weighted by Gasteiger charge is -2.32. The third kappa shape index (κ3) is 3.77. The molecule has 5 heteroatoms. The first-order chi connectivity index (χ1) is 10.3. The first-order valence-corrected chi connectivity index (χ1v) is 8.33. The van der Waals surface area contributed by atoms with Gasteiger partial charge >= 0.3 is 7.12 Å². The lowest BCUT2D eigenvalue weighted by Crippen LogP contribution is -2.41. The van der Waals surface area contributed by atoms with E-state index in [-0.39, 0.29) is 18.3 Å². The van der Waals surface area contributed by atoms with Crippen LogP contribution in [-0.2, 0) is 15.9 Å². The highest BCUT2D eigenvalue weighted by atomic mass is 32.1. The van der Waals surface area contributed by atoms with Crippen LogP contribution in [0.25, 0.3) is 6.08 Å². The summed E-state index contributed by atoms with van der Waals surface area (Å²) in [5, 5.41) is 3.15. The van der Waals surface area contributed by atoms with Gasteiger partial charge in [-0.2, -0.15) is 12.6 Å². The van der Waals surface area contributed by atoms with Crippen LogP contribution in [0.4, 0.5) is 0 Å². The molecular weight excluding hydrogens is 293 g/mol. The number of benzene rings is 1. The highest BCUT2D eigenvalue weighted by molar-refractivity contribution is 7.80. The number of hydrogen-bond acceptors (Lipinski definition) is 4. The van der Waals surface area contributed by atoms with Crippen molar-refractivity contribution in [3.63, 3.8) is 0 Å². The molecule has 1 aromatic rings. The molecule has 1 aliphatic heterocycles. The molecule has 1 saturated heterocycles. The van der Waals surface area contributed by atoms with Gasteiger partial charge in [-0.3, -0.25) is 0 Å². The van der Waals surface area contributed by atoms with Gasteiger partial charge < -0.3 is 14.6 Å². The van der Waals surface area contributed by atoms with Gasteiger partial charge in [0, 0.05) is 12.3 Å². The van der Waals surface area contributed by atoms with Gasteiger partial charge in [-0.1, -0.05) is 30.3 Å². The van der Waals surface area contributed by atoms with Gasteiger partial charge in [0.15, 0.2) is 0 Å². The summed E-state index contributed by atoms with van der Waals surface area (Å²) in [6.45, 7) is 9.14. The Bertz CT molecular complexity index is 524. The lowest BCUT2D eigenvalue weighted by molar-refractivity contribution is 0.00578. The number of thiol groups is 1. The summed E-state index contributed by atoms with van der Waals surface area (Å²) in [6.07, 6.45) is 2.11. The van der Waals surface area contributed by atoms with Crippen LogP contribution in [-0.4, -0.2) is 31.1 Å². The van der Waals surface area contributed by atoms with Gasteiger partial charge in [0.25, 0.3) is 0 Å². The fourth-order valence-corrected chi connectivity index (χ4v) is 2.57. The summed E-state index contributed by atoms with van der Waals surface area (Å²) in [4.78, 5) is 0. The van der Waals surface area contributed by atoms with E-state index in [1.807, 2.05) is 7.05 Å². The first kappa shape index (κ1) is 17.6. The molecule has 120 valence electrons. The van der Waals surface area contributed by atoms with E-state index in [4.69, 9.17) is 9.31 Å². The molecule has 0 spiro atoms. The normalized spacial score (nSPS) is 20.5. The maximum atomic E-state index is 6.10. The Hall–Kier alpha value is -0.745. The molecule has 0 amide bonds. The third-order valence-electron chi connectivity index (χ3n) is 4.45. The summed E-state index contributed by atoms with van der Waals surface area (Å²) in [6, 6.07) is 8.48. The van der Waals surface area contributed by atoms with Gasteiger partial charge in [0.2, 0.25) is 0 Å². The SMILES string of the molecule is CNCc1ccc(C=C(CS)B2OC(C)(C)C(C)(C)O2)cc1. The molecule has 2 rings (SSSR count). The van der Waals surface area contributed by atoms with Gasteiger partial charge in [-0.25, -0.2) is 0 Å². The van der Waals surface area contributed by atoms with Crippen molar-refractivity contribution in [2.45, 2.75) is 45.4 Å².